The van der Waals surface area contributed by atoms with Crippen LogP contribution in [0.4, 0.5) is 0 Å². The van der Waals surface area contributed by atoms with Crippen LogP contribution in [0.2, 0.25) is 0 Å². The monoisotopic (exact) mass is 662 g/mol. The van der Waals surface area contributed by atoms with Gasteiger partial charge in [-0.2, -0.15) is 0 Å². The Hall–Kier alpha value is -5.98. The highest BCUT2D eigenvalue weighted by Gasteiger charge is 2.42. The molecule has 0 saturated carbocycles. The minimum Gasteiger partial charge on any atom is -0.0616 e. The zero-order chi connectivity index (χ0) is 34.9. The largest absolute Gasteiger partial charge is 0.0616 e. The summed E-state index contributed by atoms with van der Waals surface area (Å²) in [5.41, 5.74) is 16.2. The second-order valence-electron chi connectivity index (χ2n) is 16.1. The van der Waals surface area contributed by atoms with Crippen molar-refractivity contribution in [2.24, 2.45) is 0 Å². The van der Waals surface area contributed by atoms with E-state index in [0.29, 0.717) is 0 Å². The van der Waals surface area contributed by atoms with Crippen molar-refractivity contribution >= 4 is 43.1 Å². The van der Waals surface area contributed by atoms with Crippen LogP contribution in [-0.4, -0.2) is 0 Å². The molecular formula is C52H38. The Bertz CT molecular complexity index is 3000. The Kier molecular flexibility index (Phi) is 5.89. The number of fused-ring (bicyclic) bond motifs is 12. The van der Waals surface area contributed by atoms with Crippen molar-refractivity contribution < 1.29 is 0 Å². The van der Waals surface area contributed by atoms with E-state index >= 15 is 0 Å². The van der Waals surface area contributed by atoms with Crippen LogP contribution in [0, 0.1) is 0 Å². The molecule has 0 aliphatic heterocycles. The van der Waals surface area contributed by atoms with Crippen LogP contribution in [0.5, 0.6) is 0 Å². The fourth-order valence-corrected chi connectivity index (χ4v) is 9.90. The summed E-state index contributed by atoms with van der Waals surface area (Å²) < 4.78 is 0. The molecule has 2 aliphatic rings. The SMILES string of the molecule is CC1(C)c2cc(-c3cccc4ccccc34)ccc2-c2cc3c(cc21)-c1c(ccc2c1ccc1cc(-c4cccc5ccccc45)ccc12)C3(C)C. The summed E-state index contributed by atoms with van der Waals surface area (Å²) in [4.78, 5) is 0. The Morgan fingerprint density at radius 1 is 0.288 bits per heavy atom. The summed E-state index contributed by atoms with van der Waals surface area (Å²) in [6, 6.07) is 59.6. The smallest absolute Gasteiger partial charge is 0.0159 e. The molecule has 0 nitrogen and oxygen atoms in total. The molecule has 11 rings (SSSR count). The molecule has 0 N–H and O–H groups in total. The van der Waals surface area contributed by atoms with E-state index < -0.39 is 0 Å². The summed E-state index contributed by atoms with van der Waals surface area (Å²) in [7, 11) is 0. The fourth-order valence-electron chi connectivity index (χ4n) is 9.90. The Morgan fingerprint density at radius 2 is 0.827 bits per heavy atom. The lowest BCUT2D eigenvalue weighted by Crippen LogP contribution is -2.17. The normalized spacial score (nSPS) is 14.8. The summed E-state index contributed by atoms with van der Waals surface area (Å²) in [5, 5.41) is 10.4. The number of benzene rings is 9. The van der Waals surface area contributed by atoms with Crippen molar-refractivity contribution in [1.82, 2.24) is 0 Å². The molecule has 0 unspecified atom stereocenters. The molecule has 0 bridgehead atoms. The molecule has 9 aromatic carbocycles. The van der Waals surface area contributed by atoms with Gasteiger partial charge >= 0.3 is 0 Å². The van der Waals surface area contributed by atoms with Crippen molar-refractivity contribution in [3.05, 3.63) is 180 Å². The highest BCUT2D eigenvalue weighted by atomic mass is 14.4. The molecule has 9 aromatic rings. The van der Waals surface area contributed by atoms with Crippen LogP contribution in [0.25, 0.3) is 87.6 Å². The molecule has 0 heterocycles. The minimum absolute atomic E-state index is 0.100. The standard InChI is InChI=1S/C52H38/c1-51(2)46-26-25-41-40-22-19-33(38-17-9-13-31-11-5-7-15-36(31)38)27-34(40)21-24-43(41)50(46)45-30-48-44(29-49(45)51)42-23-20-35(28-47(42)52(48,3)4)39-18-10-14-32-12-6-8-16-37(32)39/h5-30H,1-4H3. The number of hydrogen-bond donors (Lipinski definition) is 0. The maximum atomic E-state index is 2.56. The van der Waals surface area contributed by atoms with Crippen LogP contribution in [0.1, 0.15) is 49.9 Å². The van der Waals surface area contributed by atoms with E-state index in [9.17, 15) is 0 Å². The van der Waals surface area contributed by atoms with Gasteiger partial charge in [0.25, 0.3) is 0 Å². The Labute approximate surface area is 305 Å². The fraction of sp³-hybridized carbons (Fsp3) is 0.115. The number of rotatable bonds is 2. The summed E-state index contributed by atoms with van der Waals surface area (Å²) in [6.07, 6.45) is 0. The van der Waals surface area contributed by atoms with Gasteiger partial charge in [-0.05, 0) is 134 Å². The van der Waals surface area contributed by atoms with Crippen LogP contribution < -0.4 is 0 Å². The van der Waals surface area contributed by atoms with E-state index in [4.69, 9.17) is 0 Å². The van der Waals surface area contributed by atoms with Gasteiger partial charge in [-0.3, -0.25) is 0 Å². The van der Waals surface area contributed by atoms with Gasteiger partial charge in [-0.1, -0.05) is 161 Å². The maximum absolute atomic E-state index is 2.56. The van der Waals surface area contributed by atoms with Crippen molar-refractivity contribution in [2.75, 3.05) is 0 Å². The van der Waals surface area contributed by atoms with Gasteiger partial charge in [-0.15, -0.1) is 0 Å². The molecule has 0 atom stereocenters. The van der Waals surface area contributed by atoms with Gasteiger partial charge in [0, 0.05) is 10.8 Å². The molecular weight excluding hydrogens is 625 g/mol. The van der Waals surface area contributed by atoms with Crippen molar-refractivity contribution in [2.45, 2.75) is 38.5 Å². The van der Waals surface area contributed by atoms with E-state index in [-0.39, 0.29) is 10.8 Å². The molecule has 0 spiro atoms. The maximum Gasteiger partial charge on any atom is 0.0159 e. The van der Waals surface area contributed by atoms with E-state index in [0.717, 1.165) is 0 Å². The van der Waals surface area contributed by atoms with E-state index in [1.54, 1.807) is 0 Å². The van der Waals surface area contributed by atoms with Crippen molar-refractivity contribution in [3.8, 4) is 44.5 Å². The average molecular weight is 663 g/mol. The van der Waals surface area contributed by atoms with Crippen molar-refractivity contribution in [1.29, 1.82) is 0 Å². The molecule has 2 aliphatic carbocycles. The minimum atomic E-state index is -0.123. The highest BCUT2D eigenvalue weighted by molar-refractivity contribution is 6.15. The first kappa shape index (κ1) is 29.7. The van der Waals surface area contributed by atoms with Crippen LogP contribution in [0.3, 0.4) is 0 Å². The molecule has 246 valence electrons. The van der Waals surface area contributed by atoms with E-state index in [1.165, 1.54) is 110 Å². The quantitative estimate of drug-likeness (QED) is 0.162. The highest BCUT2D eigenvalue weighted by Crippen LogP contribution is 2.58. The van der Waals surface area contributed by atoms with Crippen LogP contribution in [-0.2, 0) is 10.8 Å². The molecule has 0 amide bonds. The number of hydrogen-bond acceptors (Lipinski definition) is 0. The predicted molar refractivity (Wildman–Crippen MR) is 222 cm³/mol. The molecule has 0 saturated heterocycles. The third-order valence-electron chi connectivity index (χ3n) is 12.6. The van der Waals surface area contributed by atoms with Crippen LogP contribution in [0.15, 0.2) is 158 Å². The molecule has 0 fully saturated rings. The van der Waals surface area contributed by atoms with Gasteiger partial charge in [-0.25, -0.2) is 0 Å². The second-order valence-corrected chi connectivity index (χ2v) is 16.1. The first-order chi connectivity index (χ1) is 25.3. The predicted octanol–water partition coefficient (Wildman–Crippen LogP) is 14.2. The zero-order valence-corrected chi connectivity index (χ0v) is 30.0. The third kappa shape index (κ3) is 3.93. The Morgan fingerprint density at radius 3 is 1.56 bits per heavy atom. The molecule has 0 aromatic heterocycles. The third-order valence-corrected chi connectivity index (χ3v) is 12.6. The second kappa shape index (κ2) is 10.3. The summed E-state index contributed by atoms with van der Waals surface area (Å²) >= 11 is 0. The van der Waals surface area contributed by atoms with Gasteiger partial charge in [0.2, 0.25) is 0 Å². The van der Waals surface area contributed by atoms with Gasteiger partial charge in [0.15, 0.2) is 0 Å². The van der Waals surface area contributed by atoms with Gasteiger partial charge < -0.3 is 0 Å². The molecule has 52 heavy (non-hydrogen) atoms. The van der Waals surface area contributed by atoms with Crippen molar-refractivity contribution in [3.63, 3.8) is 0 Å². The average Bonchev–Trinajstić information content (AvgIpc) is 3.54. The topological polar surface area (TPSA) is 0 Å². The first-order valence-electron chi connectivity index (χ1n) is 18.6. The molecule has 0 heteroatoms. The van der Waals surface area contributed by atoms with E-state index in [2.05, 4.69) is 185 Å². The first-order valence-corrected chi connectivity index (χ1v) is 18.6. The Balaban J connectivity index is 1.07. The zero-order valence-electron chi connectivity index (χ0n) is 30.0. The lowest BCUT2D eigenvalue weighted by atomic mass is 9.79. The van der Waals surface area contributed by atoms with Gasteiger partial charge in [0.1, 0.15) is 0 Å². The molecule has 0 radical (unpaired) electrons. The lowest BCUT2D eigenvalue weighted by molar-refractivity contribution is 0.652. The van der Waals surface area contributed by atoms with Gasteiger partial charge in [0.05, 0.1) is 0 Å². The summed E-state index contributed by atoms with van der Waals surface area (Å²) in [6.45, 7) is 9.67. The van der Waals surface area contributed by atoms with E-state index in [1.807, 2.05) is 0 Å². The lowest BCUT2D eigenvalue weighted by Gasteiger charge is -2.24. The summed E-state index contributed by atoms with van der Waals surface area (Å²) in [5.74, 6) is 0. The van der Waals surface area contributed by atoms with Crippen LogP contribution >= 0.6 is 0 Å².